The first-order valence-electron chi connectivity index (χ1n) is 27.5. The summed E-state index contributed by atoms with van der Waals surface area (Å²) in [5.74, 6) is 1.09. The number of aromatic nitrogens is 1. The fourth-order valence-electron chi connectivity index (χ4n) is 9.34. The van der Waals surface area contributed by atoms with E-state index < -0.39 is 36.7 Å². The van der Waals surface area contributed by atoms with Crippen LogP contribution in [0.25, 0.3) is 16.0 Å². The van der Waals surface area contributed by atoms with Crippen molar-refractivity contribution in [1.29, 1.82) is 0 Å². The van der Waals surface area contributed by atoms with E-state index in [0.29, 0.717) is 48.6 Å². The number of sulfonamides is 2. The second-order valence-electron chi connectivity index (χ2n) is 24.0. The van der Waals surface area contributed by atoms with Gasteiger partial charge in [0.25, 0.3) is 0 Å². The monoisotopic (exact) mass is 1160 g/mol. The Hall–Kier alpha value is -5.13. The summed E-state index contributed by atoms with van der Waals surface area (Å²) in [5, 5.41) is 6.87. The first kappa shape index (κ1) is 64.7. The molecular formula is C57H87N7O12S3. The molecule has 0 unspecified atom stereocenters. The van der Waals surface area contributed by atoms with Gasteiger partial charge in [0.15, 0.2) is 0 Å². The largest absolute Gasteiger partial charge is 0.494 e. The van der Waals surface area contributed by atoms with Crippen molar-refractivity contribution >= 4 is 60.8 Å². The zero-order chi connectivity index (χ0) is 58.5. The summed E-state index contributed by atoms with van der Waals surface area (Å²) in [6, 6.07) is 10.3. The van der Waals surface area contributed by atoms with Crippen LogP contribution in [0.3, 0.4) is 0 Å². The topological polar surface area (TPSA) is 265 Å². The molecule has 0 radical (unpaired) electrons. The standard InChI is InChI=1S/C32H49N3O7S.C25H38N4O5S2/c1-21(2)41-30(37)34-24-13-11-22(12-14-24)27-18-23(20-33-27)26-16-15-25(19-28(26)43(38,39)35-31(3,4)5)40-17-9-10-29(36)42-32(6,7)8;1-16(2)34-24(30)28-18-8-6-17(7-9-18)23-27-15-21(35-23)20-11-10-19(33-13-12-26)14-22(20)36(31,32)29-25(3,4)5/h15-16,19-22,24,35H,9-14,17-18H2,1-8H3,(H,34,37);10-11,14-18,29H,6-9,12-13,26H2,1-5H3,(H,28,30). The number of nitrogens with zero attached hydrogens (tertiary/aromatic N) is 2. The first-order valence-corrected chi connectivity index (χ1v) is 31.3. The quantitative estimate of drug-likeness (QED) is 0.0400. The van der Waals surface area contributed by atoms with Crippen LogP contribution in [0.1, 0.15) is 177 Å². The summed E-state index contributed by atoms with van der Waals surface area (Å²) in [7, 11) is -7.71. The third kappa shape index (κ3) is 21.4. The van der Waals surface area contributed by atoms with Crippen LogP contribution in [0.2, 0.25) is 0 Å². The molecule has 2 fully saturated rings. The molecular weight excluding hydrogens is 1070 g/mol. The number of carbonyl (C=O) groups is 3. The minimum atomic E-state index is -3.89. The molecule has 22 heteroatoms. The summed E-state index contributed by atoms with van der Waals surface area (Å²) in [5.41, 5.74) is 6.71. The first-order chi connectivity index (χ1) is 36.8. The van der Waals surface area contributed by atoms with E-state index in [0.717, 1.165) is 72.5 Å². The van der Waals surface area contributed by atoms with Crippen molar-refractivity contribution < 1.29 is 54.9 Å². The minimum absolute atomic E-state index is 0.0776. The highest BCUT2D eigenvalue weighted by Crippen LogP contribution is 2.41. The van der Waals surface area contributed by atoms with Crippen LogP contribution in [0.15, 0.2) is 63.6 Å². The number of alkyl carbamates (subject to hydrolysis) is 2. The molecule has 440 valence electrons. The number of nitrogens with two attached hydrogens (primary N) is 1. The molecule has 6 rings (SSSR count). The molecule has 79 heavy (non-hydrogen) atoms. The fraction of sp³-hybridized carbons (Fsp3) is 0.632. The number of carbonyl (C=O) groups excluding carboxylic acids is 3. The van der Waals surface area contributed by atoms with Crippen molar-refractivity contribution in [3.05, 3.63) is 59.4 Å². The molecule has 2 aliphatic carbocycles. The summed E-state index contributed by atoms with van der Waals surface area (Å²) < 4.78 is 86.5. The maximum Gasteiger partial charge on any atom is 0.407 e. The lowest BCUT2D eigenvalue weighted by Gasteiger charge is -2.29. The predicted molar refractivity (Wildman–Crippen MR) is 310 cm³/mol. The highest BCUT2D eigenvalue weighted by atomic mass is 32.2. The maximum absolute atomic E-state index is 13.6. The average Bonchev–Trinajstić information content (AvgIpc) is 4.12. The van der Waals surface area contributed by atoms with Crippen LogP contribution in [0.4, 0.5) is 9.59 Å². The number of hydrogen-bond acceptors (Lipinski definition) is 16. The Bertz CT molecular complexity index is 2830. The van der Waals surface area contributed by atoms with E-state index in [4.69, 9.17) is 34.4 Å². The number of allylic oxidation sites excluding steroid dienone is 1. The van der Waals surface area contributed by atoms with E-state index in [1.165, 1.54) is 11.3 Å². The lowest BCUT2D eigenvalue weighted by Crippen LogP contribution is -2.40. The summed E-state index contributed by atoms with van der Waals surface area (Å²) >= 11 is 1.51. The van der Waals surface area contributed by atoms with E-state index in [1.54, 1.807) is 90.3 Å². The number of hydrogen-bond donors (Lipinski definition) is 5. The Morgan fingerprint density at radius 3 is 1.65 bits per heavy atom. The highest BCUT2D eigenvalue weighted by molar-refractivity contribution is 7.90. The zero-order valence-corrected chi connectivity index (χ0v) is 51.0. The lowest BCUT2D eigenvalue weighted by molar-refractivity contribution is -0.155. The number of benzene rings is 2. The average molecular weight is 1160 g/mol. The molecule has 2 aromatic carbocycles. The van der Waals surface area contributed by atoms with Crippen LogP contribution in [-0.4, -0.2) is 106 Å². The van der Waals surface area contributed by atoms with E-state index >= 15 is 0 Å². The maximum atomic E-state index is 13.6. The number of aliphatic imine (C=N–C) groups is 1. The van der Waals surface area contributed by atoms with Crippen molar-refractivity contribution in [2.75, 3.05) is 19.8 Å². The van der Waals surface area contributed by atoms with E-state index in [2.05, 4.69) is 25.1 Å². The smallest absolute Gasteiger partial charge is 0.407 e. The molecule has 2 amide bonds. The van der Waals surface area contributed by atoms with Gasteiger partial charge in [-0.3, -0.25) is 9.79 Å². The van der Waals surface area contributed by atoms with Crippen LogP contribution < -0.4 is 35.3 Å². The Morgan fingerprint density at radius 1 is 0.684 bits per heavy atom. The van der Waals surface area contributed by atoms with Gasteiger partial charge in [-0.25, -0.2) is 40.9 Å². The van der Waals surface area contributed by atoms with Gasteiger partial charge in [0.05, 0.1) is 38.5 Å². The number of rotatable bonds is 20. The lowest BCUT2D eigenvalue weighted by atomic mass is 9.81. The van der Waals surface area contributed by atoms with Crippen LogP contribution in [0.5, 0.6) is 11.5 Å². The molecule has 0 atom stereocenters. The second-order valence-corrected chi connectivity index (χ2v) is 28.4. The van der Waals surface area contributed by atoms with Gasteiger partial charge in [-0.1, -0.05) is 0 Å². The minimum Gasteiger partial charge on any atom is -0.494 e. The molecule has 2 heterocycles. The van der Waals surface area contributed by atoms with Crippen molar-refractivity contribution in [2.24, 2.45) is 16.6 Å². The Morgan fingerprint density at radius 2 is 1.16 bits per heavy atom. The molecule has 0 bridgehead atoms. The summed E-state index contributed by atoms with van der Waals surface area (Å²) in [4.78, 5) is 46.3. The van der Waals surface area contributed by atoms with Gasteiger partial charge in [0.2, 0.25) is 20.0 Å². The van der Waals surface area contributed by atoms with Gasteiger partial charge in [-0.15, -0.1) is 11.3 Å². The van der Waals surface area contributed by atoms with Gasteiger partial charge in [0.1, 0.15) is 23.7 Å². The van der Waals surface area contributed by atoms with E-state index in [-0.39, 0.29) is 77.1 Å². The Balaban J connectivity index is 0.000000295. The Labute approximate surface area is 473 Å². The van der Waals surface area contributed by atoms with Crippen molar-refractivity contribution in [3.8, 4) is 21.9 Å². The molecule has 3 aromatic rings. The predicted octanol–water partition coefficient (Wildman–Crippen LogP) is 10.5. The molecule has 1 aromatic heterocycles. The highest BCUT2D eigenvalue weighted by Gasteiger charge is 2.33. The Kier molecular flexibility index (Phi) is 23.0. The second kappa shape index (κ2) is 28.0. The molecule has 6 N–H and O–H groups in total. The number of amides is 2. The zero-order valence-electron chi connectivity index (χ0n) is 48.6. The fourth-order valence-corrected chi connectivity index (χ4v) is 13.9. The van der Waals surface area contributed by atoms with Gasteiger partial charge >= 0.3 is 18.2 Å². The number of nitrogens with one attached hydrogen (secondary N) is 4. The van der Waals surface area contributed by atoms with Gasteiger partial charge < -0.3 is 40.1 Å². The van der Waals surface area contributed by atoms with Gasteiger partial charge in [-0.2, -0.15) is 0 Å². The number of ether oxygens (including phenoxy) is 5. The van der Waals surface area contributed by atoms with Crippen molar-refractivity contribution in [1.82, 2.24) is 25.1 Å². The van der Waals surface area contributed by atoms with E-state index in [9.17, 15) is 31.2 Å². The van der Waals surface area contributed by atoms with Crippen LogP contribution >= 0.6 is 11.3 Å². The normalized spacial score (nSPS) is 19.1. The van der Waals surface area contributed by atoms with Crippen LogP contribution in [-0.2, 0) is 39.1 Å². The molecule has 1 aliphatic heterocycles. The molecule has 3 aliphatic rings. The molecule has 19 nitrogen and oxygen atoms in total. The third-order valence-corrected chi connectivity index (χ3v) is 17.3. The van der Waals surface area contributed by atoms with Crippen molar-refractivity contribution in [2.45, 2.75) is 217 Å². The van der Waals surface area contributed by atoms with Crippen LogP contribution in [0, 0.1) is 5.92 Å². The molecule has 0 saturated heterocycles. The van der Waals surface area contributed by atoms with Gasteiger partial charge in [-0.05, 0) is 189 Å². The number of thiazole rings is 1. The van der Waals surface area contributed by atoms with Crippen molar-refractivity contribution in [3.63, 3.8) is 0 Å². The molecule has 0 spiro atoms. The molecule has 2 saturated carbocycles. The SMILES string of the molecule is CC(C)OC(=O)NC1CCC(C2=NC=C(c3ccc(OCCCC(=O)OC(C)(C)C)cc3S(=O)(=O)NC(C)(C)C)C2)CC1.CC(C)OC(=O)NC1CCC(c2ncc(-c3ccc(OCCN)cc3S(=O)(=O)NC(C)(C)C)s2)CC1. The third-order valence-electron chi connectivity index (χ3n) is 12.5. The van der Waals surface area contributed by atoms with Gasteiger partial charge in [0, 0.05) is 84.3 Å². The summed E-state index contributed by atoms with van der Waals surface area (Å²) in [6.45, 7) is 24.4. The van der Waals surface area contributed by atoms with E-state index in [1.807, 2.05) is 48.5 Å². The number of esters is 1. The summed E-state index contributed by atoms with van der Waals surface area (Å²) in [6.07, 6.45) is 10.6.